The van der Waals surface area contributed by atoms with E-state index in [2.05, 4.69) is 124 Å². The number of hydrogen-bond donors (Lipinski definition) is 0. The number of rotatable bonds is 4. The fourth-order valence-corrected chi connectivity index (χ4v) is 8.55. The Morgan fingerprint density at radius 3 is 1.76 bits per heavy atom. The molecule has 0 fully saturated rings. The van der Waals surface area contributed by atoms with Gasteiger partial charge in [0.2, 0.25) is 0 Å². The molecule has 0 saturated carbocycles. The van der Waals surface area contributed by atoms with Gasteiger partial charge in [-0.1, -0.05) is 104 Å². The van der Waals surface area contributed by atoms with Gasteiger partial charge in [-0.05, 0) is 130 Å². The van der Waals surface area contributed by atoms with Crippen molar-refractivity contribution in [2.24, 2.45) is 0 Å². The molecule has 246 valence electrons. The largest absolute Gasteiger partial charge is 0.310 e. The summed E-state index contributed by atoms with van der Waals surface area (Å²) in [5.41, 5.74) is 14.3. The molecule has 2 aliphatic carbocycles. The van der Waals surface area contributed by atoms with Crippen molar-refractivity contribution in [2.45, 2.75) is 40.0 Å². The van der Waals surface area contributed by atoms with Gasteiger partial charge >= 0.3 is 0 Å². The van der Waals surface area contributed by atoms with Gasteiger partial charge in [0.15, 0.2) is 11.6 Å². The quantitative estimate of drug-likeness (QED) is 0.139. The standard InChI is InChI=1S/C48H37NO2/c1-28-20-29(2)45(30(3)21-28)49(37-18-19-39-38-12-8-9-13-43(38)48(4,5)44(39)27-37)36-17-16-34-22-31(14-15-35(34)24-36)23-42-46(50)40-25-32-10-6-7-11-33(32)26-41(40)47(42)51/h6-27H,1-5H3. The molecule has 0 bridgehead atoms. The van der Waals surface area contributed by atoms with Gasteiger partial charge in [0.05, 0.1) is 11.3 Å². The molecule has 0 aliphatic heterocycles. The maximum absolute atomic E-state index is 13.5. The molecule has 7 aromatic rings. The smallest absolute Gasteiger partial charge is 0.197 e. The van der Waals surface area contributed by atoms with Crippen LogP contribution < -0.4 is 4.90 Å². The number of ketones is 2. The van der Waals surface area contributed by atoms with E-state index in [0.29, 0.717) is 11.1 Å². The van der Waals surface area contributed by atoms with Crippen LogP contribution in [0.5, 0.6) is 0 Å². The van der Waals surface area contributed by atoms with Gasteiger partial charge in [0.1, 0.15) is 0 Å². The van der Waals surface area contributed by atoms with E-state index in [1.54, 1.807) is 6.08 Å². The van der Waals surface area contributed by atoms with Crippen molar-refractivity contribution in [2.75, 3.05) is 4.90 Å². The Kier molecular flexibility index (Phi) is 6.82. The lowest BCUT2D eigenvalue weighted by Gasteiger charge is -2.31. The first kappa shape index (κ1) is 31.0. The molecule has 7 aromatic carbocycles. The summed E-state index contributed by atoms with van der Waals surface area (Å²) >= 11 is 0. The zero-order chi connectivity index (χ0) is 35.2. The maximum Gasteiger partial charge on any atom is 0.197 e. The highest BCUT2D eigenvalue weighted by atomic mass is 16.2. The number of carbonyl (C=O) groups excluding carboxylic acids is 2. The van der Waals surface area contributed by atoms with E-state index >= 15 is 0 Å². The Hall–Kier alpha value is -6.06. The molecule has 3 nitrogen and oxygen atoms in total. The summed E-state index contributed by atoms with van der Waals surface area (Å²) in [5, 5.41) is 4.03. The Morgan fingerprint density at radius 1 is 0.510 bits per heavy atom. The number of anilines is 3. The molecule has 0 heterocycles. The molecule has 0 unspecified atom stereocenters. The first-order valence-electron chi connectivity index (χ1n) is 17.6. The van der Waals surface area contributed by atoms with Crippen LogP contribution in [0.3, 0.4) is 0 Å². The van der Waals surface area contributed by atoms with Crippen molar-refractivity contribution < 1.29 is 9.59 Å². The number of nitrogens with zero attached hydrogens (tertiary/aromatic N) is 1. The second-order valence-electron chi connectivity index (χ2n) is 14.7. The molecular weight excluding hydrogens is 623 g/mol. The van der Waals surface area contributed by atoms with E-state index in [4.69, 9.17) is 0 Å². The molecule has 0 saturated heterocycles. The van der Waals surface area contributed by atoms with E-state index in [-0.39, 0.29) is 22.6 Å². The third-order valence-electron chi connectivity index (χ3n) is 11.0. The zero-order valence-electron chi connectivity index (χ0n) is 29.5. The summed E-state index contributed by atoms with van der Waals surface area (Å²) in [6, 6.07) is 44.4. The molecule has 0 spiro atoms. The van der Waals surface area contributed by atoms with Crippen LogP contribution in [0.2, 0.25) is 0 Å². The average Bonchev–Trinajstić information content (AvgIpc) is 3.49. The highest BCUT2D eigenvalue weighted by Gasteiger charge is 2.36. The predicted octanol–water partition coefficient (Wildman–Crippen LogP) is 12.2. The normalized spacial score (nSPS) is 14.2. The summed E-state index contributed by atoms with van der Waals surface area (Å²) in [6.45, 7) is 11.2. The second kappa shape index (κ2) is 11.2. The lowest BCUT2D eigenvalue weighted by molar-refractivity contribution is 0.0990. The molecule has 51 heavy (non-hydrogen) atoms. The highest BCUT2D eigenvalue weighted by Crippen LogP contribution is 2.51. The number of fused-ring (bicyclic) bond motifs is 6. The lowest BCUT2D eigenvalue weighted by atomic mass is 9.82. The lowest BCUT2D eigenvalue weighted by Crippen LogP contribution is -2.17. The van der Waals surface area contributed by atoms with Crippen molar-refractivity contribution >= 4 is 56.2 Å². The van der Waals surface area contributed by atoms with Crippen molar-refractivity contribution in [1.29, 1.82) is 0 Å². The van der Waals surface area contributed by atoms with Crippen LogP contribution in [0.4, 0.5) is 17.1 Å². The van der Waals surface area contributed by atoms with Gasteiger partial charge in [-0.25, -0.2) is 0 Å². The number of hydrogen-bond acceptors (Lipinski definition) is 3. The van der Waals surface area contributed by atoms with Crippen molar-refractivity contribution in [3.63, 3.8) is 0 Å². The third kappa shape index (κ3) is 4.80. The minimum absolute atomic E-state index is 0.115. The van der Waals surface area contributed by atoms with Crippen LogP contribution in [-0.4, -0.2) is 11.6 Å². The van der Waals surface area contributed by atoms with Crippen LogP contribution in [0.25, 0.3) is 38.7 Å². The van der Waals surface area contributed by atoms with E-state index in [1.165, 1.54) is 44.6 Å². The molecule has 0 amide bonds. The Balaban J connectivity index is 1.13. The summed E-state index contributed by atoms with van der Waals surface area (Å²) < 4.78 is 0. The third-order valence-corrected chi connectivity index (χ3v) is 11.0. The number of Topliss-reactive ketones (excluding diaryl/α,β-unsaturated/α-hetero) is 2. The fourth-order valence-electron chi connectivity index (χ4n) is 8.55. The zero-order valence-corrected chi connectivity index (χ0v) is 29.5. The molecule has 2 aliphatic rings. The van der Waals surface area contributed by atoms with Gasteiger partial charge in [-0.15, -0.1) is 0 Å². The number of aryl methyl sites for hydroxylation is 3. The Labute approximate surface area is 298 Å². The average molecular weight is 660 g/mol. The summed E-state index contributed by atoms with van der Waals surface area (Å²) in [5.74, 6) is -0.424. The first-order chi connectivity index (χ1) is 24.6. The molecule has 3 heteroatoms. The fraction of sp³-hybridized carbons (Fsp3) is 0.125. The minimum atomic E-state index is -0.212. The minimum Gasteiger partial charge on any atom is -0.310 e. The van der Waals surface area contributed by atoms with Crippen molar-refractivity contribution in [3.05, 3.63) is 177 Å². The van der Waals surface area contributed by atoms with Crippen LogP contribution in [-0.2, 0) is 5.41 Å². The van der Waals surface area contributed by atoms with Gasteiger partial charge in [0.25, 0.3) is 0 Å². The summed E-state index contributed by atoms with van der Waals surface area (Å²) in [4.78, 5) is 29.3. The number of allylic oxidation sites excluding steroid dienone is 1. The summed E-state index contributed by atoms with van der Waals surface area (Å²) in [7, 11) is 0. The van der Waals surface area contributed by atoms with E-state index < -0.39 is 0 Å². The molecular formula is C48H37NO2. The molecule has 0 atom stereocenters. The molecule has 0 N–H and O–H groups in total. The number of carbonyl (C=O) groups is 2. The van der Waals surface area contributed by atoms with E-state index in [1.807, 2.05) is 42.5 Å². The van der Waals surface area contributed by atoms with Gasteiger partial charge < -0.3 is 4.90 Å². The van der Waals surface area contributed by atoms with Gasteiger partial charge in [-0.2, -0.15) is 0 Å². The monoisotopic (exact) mass is 659 g/mol. The van der Waals surface area contributed by atoms with Gasteiger partial charge in [-0.3, -0.25) is 9.59 Å². The Morgan fingerprint density at radius 2 is 1.06 bits per heavy atom. The van der Waals surface area contributed by atoms with E-state index in [9.17, 15) is 9.59 Å². The summed E-state index contributed by atoms with van der Waals surface area (Å²) in [6.07, 6.45) is 1.75. The predicted molar refractivity (Wildman–Crippen MR) is 211 cm³/mol. The highest BCUT2D eigenvalue weighted by molar-refractivity contribution is 6.42. The van der Waals surface area contributed by atoms with Gasteiger partial charge in [0, 0.05) is 27.9 Å². The van der Waals surface area contributed by atoms with Crippen LogP contribution >= 0.6 is 0 Å². The number of benzene rings is 7. The van der Waals surface area contributed by atoms with Crippen LogP contribution in [0.1, 0.15) is 67.9 Å². The molecule has 0 radical (unpaired) electrons. The van der Waals surface area contributed by atoms with E-state index in [0.717, 1.165) is 38.5 Å². The second-order valence-corrected chi connectivity index (χ2v) is 14.7. The topological polar surface area (TPSA) is 37.4 Å². The van der Waals surface area contributed by atoms with Crippen LogP contribution in [0.15, 0.2) is 133 Å². The van der Waals surface area contributed by atoms with Crippen molar-refractivity contribution in [1.82, 2.24) is 0 Å². The first-order valence-corrected chi connectivity index (χ1v) is 17.6. The SMILES string of the molecule is Cc1cc(C)c(N(c2ccc3c(c2)C(C)(C)c2ccccc2-3)c2ccc3cc(C=C4C(=O)c5cc6ccccc6cc5C4=O)ccc3c2)c(C)c1. The molecule has 9 rings (SSSR count). The molecule has 0 aromatic heterocycles. The van der Waals surface area contributed by atoms with Crippen molar-refractivity contribution in [3.8, 4) is 11.1 Å². The Bertz CT molecular complexity index is 2610. The van der Waals surface area contributed by atoms with Crippen LogP contribution in [0, 0.1) is 20.8 Å². The maximum atomic E-state index is 13.5.